The number of allylic oxidation sites excluding steroid dienone is 4. The minimum Gasteiger partial charge on any atom is -0.325 e. The first-order valence-corrected chi connectivity index (χ1v) is 10.7. The third-order valence-electron chi connectivity index (χ3n) is 5.40. The molecule has 2 aliphatic heterocycles. The molecule has 142 valence electrons. The average Bonchev–Trinajstić information content (AvgIpc) is 2.93. The highest BCUT2D eigenvalue weighted by molar-refractivity contribution is 7.99. The fourth-order valence-corrected chi connectivity index (χ4v) is 4.81. The summed E-state index contributed by atoms with van der Waals surface area (Å²) in [4.78, 5) is 18.4. The monoisotopic (exact) mass is 380 g/mol. The van der Waals surface area contributed by atoms with Crippen LogP contribution in [0.5, 0.6) is 0 Å². The van der Waals surface area contributed by atoms with Crippen LogP contribution in [0.4, 0.5) is 4.79 Å². The second kappa shape index (κ2) is 9.71. The van der Waals surface area contributed by atoms with Crippen LogP contribution in [0.2, 0.25) is 0 Å². The molecule has 0 atom stereocenters. The number of amides is 2. The second-order valence-electron chi connectivity index (χ2n) is 7.16. The van der Waals surface area contributed by atoms with Crippen LogP contribution in [0.15, 0.2) is 53.0 Å². The summed E-state index contributed by atoms with van der Waals surface area (Å²) in [6, 6.07) is 8.64. The molecule has 27 heavy (non-hydrogen) atoms. The number of carbonyl (C=O) groups excluding carboxylic acids is 1. The lowest BCUT2D eigenvalue weighted by atomic mass is 9.90. The van der Waals surface area contributed by atoms with Crippen molar-refractivity contribution in [1.82, 2.24) is 9.80 Å². The molecule has 1 aromatic rings. The number of benzene rings is 1. The molecule has 1 saturated heterocycles. The maximum Gasteiger partial charge on any atom is 0.320 e. The highest BCUT2D eigenvalue weighted by atomic mass is 32.2. The third kappa shape index (κ3) is 5.20. The van der Waals surface area contributed by atoms with Gasteiger partial charge in [-0.25, -0.2) is 4.79 Å². The van der Waals surface area contributed by atoms with Gasteiger partial charge < -0.3 is 9.80 Å². The molecule has 1 aromatic carbocycles. The first-order valence-electron chi connectivity index (χ1n) is 9.73. The van der Waals surface area contributed by atoms with Crippen molar-refractivity contribution in [2.24, 2.45) is 5.92 Å². The van der Waals surface area contributed by atoms with Crippen molar-refractivity contribution < 1.29 is 4.79 Å². The molecule has 3 nitrogen and oxygen atoms in total. The lowest BCUT2D eigenvalue weighted by Crippen LogP contribution is -2.46. The van der Waals surface area contributed by atoms with Crippen LogP contribution in [0.25, 0.3) is 0 Å². The topological polar surface area (TPSA) is 23.6 Å². The van der Waals surface area contributed by atoms with E-state index in [1.54, 1.807) is 6.08 Å². The Morgan fingerprint density at radius 1 is 1.26 bits per heavy atom. The molecule has 0 saturated carbocycles. The van der Waals surface area contributed by atoms with Crippen molar-refractivity contribution >= 4 is 17.8 Å². The Morgan fingerprint density at radius 3 is 2.78 bits per heavy atom. The standard InChI is InChI=1S/C23H28N2OS/c1-3-5-8-19(4-2)17-20-11-13-24(14-12-20)23(26)25-15-16-27-22-10-7-6-9-21(22)18-25/h1,4-10,20H,11-18H2,2H3/b8-5-,19-4+. The number of urea groups is 1. The summed E-state index contributed by atoms with van der Waals surface area (Å²) in [5.74, 6) is 4.15. The van der Waals surface area contributed by atoms with E-state index in [0.717, 1.165) is 51.2 Å². The van der Waals surface area contributed by atoms with Gasteiger partial charge in [0.1, 0.15) is 0 Å². The number of piperidine rings is 1. The van der Waals surface area contributed by atoms with Gasteiger partial charge in [-0.05, 0) is 49.8 Å². The summed E-state index contributed by atoms with van der Waals surface area (Å²) < 4.78 is 0. The summed E-state index contributed by atoms with van der Waals surface area (Å²) in [5, 5.41) is 0. The zero-order chi connectivity index (χ0) is 19.1. The number of carbonyl (C=O) groups is 1. The Bertz CT molecular complexity index is 754. The first-order chi connectivity index (χ1) is 13.2. The molecular formula is C23H28N2OS. The molecule has 0 bridgehead atoms. The summed E-state index contributed by atoms with van der Waals surface area (Å²) in [5.41, 5.74) is 2.56. The lowest BCUT2D eigenvalue weighted by molar-refractivity contribution is 0.132. The Labute approximate surface area is 167 Å². The number of terminal acetylenes is 1. The predicted octanol–water partition coefficient (Wildman–Crippen LogP) is 4.95. The number of fused-ring (bicyclic) bond motifs is 1. The van der Waals surface area contributed by atoms with E-state index in [0.29, 0.717) is 5.92 Å². The smallest absolute Gasteiger partial charge is 0.320 e. The molecule has 4 heteroatoms. The highest BCUT2D eigenvalue weighted by Crippen LogP contribution is 2.29. The van der Waals surface area contributed by atoms with Crippen molar-refractivity contribution in [3.05, 3.63) is 53.6 Å². The number of hydrogen-bond acceptors (Lipinski definition) is 2. The molecular weight excluding hydrogens is 352 g/mol. The van der Waals surface area contributed by atoms with E-state index in [1.807, 2.05) is 27.6 Å². The molecule has 0 radical (unpaired) electrons. The van der Waals surface area contributed by atoms with Gasteiger partial charge in [0, 0.05) is 36.8 Å². The summed E-state index contributed by atoms with van der Waals surface area (Å²) in [6.45, 7) is 5.30. The normalized spacial score (nSPS) is 18.9. The largest absolute Gasteiger partial charge is 0.325 e. The van der Waals surface area contributed by atoms with Gasteiger partial charge in [0.15, 0.2) is 0 Å². The van der Waals surface area contributed by atoms with Crippen LogP contribution >= 0.6 is 11.8 Å². The highest BCUT2D eigenvalue weighted by Gasteiger charge is 2.27. The Kier molecular flexibility index (Phi) is 7.06. The fraction of sp³-hybridized carbons (Fsp3) is 0.435. The minimum atomic E-state index is 0.198. The van der Waals surface area contributed by atoms with Gasteiger partial charge in [-0.2, -0.15) is 0 Å². The lowest BCUT2D eigenvalue weighted by Gasteiger charge is -2.35. The summed E-state index contributed by atoms with van der Waals surface area (Å²) in [7, 11) is 0. The average molecular weight is 381 g/mol. The molecule has 3 rings (SSSR count). The maximum absolute atomic E-state index is 13.0. The van der Waals surface area contributed by atoms with E-state index in [1.165, 1.54) is 16.0 Å². The van der Waals surface area contributed by atoms with Crippen molar-refractivity contribution in [2.45, 2.75) is 37.6 Å². The van der Waals surface area contributed by atoms with Crippen LogP contribution < -0.4 is 0 Å². The molecule has 0 N–H and O–H groups in total. The van der Waals surface area contributed by atoms with Gasteiger partial charge in [0.2, 0.25) is 0 Å². The Morgan fingerprint density at radius 2 is 2.04 bits per heavy atom. The number of hydrogen-bond donors (Lipinski definition) is 0. The molecule has 1 fully saturated rings. The number of nitrogens with zero attached hydrogens (tertiary/aromatic N) is 2. The maximum atomic E-state index is 13.0. The Hall–Kier alpha value is -2.12. The van der Waals surface area contributed by atoms with Crippen LogP contribution in [0.1, 0.15) is 31.7 Å². The van der Waals surface area contributed by atoms with E-state index in [4.69, 9.17) is 6.42 Å². The van der Waals surface area contributed by atoms with E-state index in [9.17, 15) is 4.79 Å². The zero-order valence-corrected chi connectivity index (χ0v) is 16.9. The van der Waals surface area contributed by atoms with Gasteiger partial charge in [-0.15, -0.1) is 18.2 Å². The van der Waals surface area contributed by atoms with Crippen molar-refractivity contribution in [3.8, 4) is 12.3 Å². The van der Waals surface area contributed by atoms with E-state index in [2.05, 4.69) is 43.2 Å². The molecule has 2 heterocycles. The molecule has 0 aliphatic carbocycles. The first kappa shape index (κ1) is 19.6. The SMILES string of the molecule is C#C/C=C\C(=C/C)CC1CCN(C(=O)N2CCSc3ccccc3C2)CC1. The summed E-state index contributed by atoms with van der Waals surface area (Å²) in [6.07, 6.45) is 14.4. The number of likely N-dealkylation sites (tertiary alicyclic amines) is 1. The summed E-state index contributed by atoms with van der Waals surface area (Å²) >= 11 is 1.85. The number of thioether (sulfide) groups is 1. The number of rotatable bonds is 3. The molecule has 2 aliphatic rings. The molecule has 0 aromatic heterocycles. The van der Waals surface area contributed by atoms with Gasteiger partial charge in [-0.1, -0.05) is 41.8 Å². The Balaban J connectivity index is 1.54. The van der Waals surface area contributed by atoms with Gasteiger partial charge in [-0.3, -0.25) is 0 Å². The van der Waals surface area contributed by atoms with Gasteiger partial charge in [0.05, 0.1) is 0 Å². The van der Waals surface area contributed by atoms with Crippen LogP contribution in [-0.4, -0.2) is 41.2 Å². The van der Waals surface area contributed by atoms with Crippen molar-refractivity contribution in [1.29, 1.82) is 0 Å². The second-order valence-corrected chi connectivity index (χ2v) is 8.30. The fourth-order valence-electron chi connectivity index (χ4n) is 3.79. The quantitative estimate of drug-likeness (QED) is 0.547. The van der Waals surface area contributed by atoms with E-state index < -0.39 is 0 Å². The zero-order valence-electron chi connectivity index (χ0n) is 16.1. The molecule has 2 amide bonds. The van der Waals surface area contributed by atoms with E-state index >= 15 is 0 Å². The van der Waals surface area contributed by atoms with Gasteiger partial charge >= 0.3 is 6.03 Å². The minimum absolute atomic E-state index is 0.198. The van der Waals surface area contributed by atoms with Crippen LogP contribution in [0, 0.1) is 18.3 Å². The van der Waals surface area contributed by atoms with Crippen molar-refractivity contribution in [2.75, 3.05) is 25.4 Å². The van der Waals surface area contributed by atoms with Gasteiger partial charge in [0.25, 0.3) is 0 Å². The molecule has 0 spiro atoms. The van der Waals surface area contributed by atoms with Crippen molar-refractivity contribution in [3.63, 3.8) is 0 Å². The van der Waals surface area contributed by atoms with E-state index in [-0.39, 0.29) is 6.03 Å². The third-order valence-corrected chi connectivity index (χ3v) is 6.49. The van der Waals surface area contributed by atoms with Crippen LogP contribution in [-0.2, 0) is 6.54 Å². The van der Waals surface area contributed by atoms with Crippen LogP contribution in [0.3, 0.4) is 0 Å². The molecule has 0 unspecified atom stereocenters. The predicted molar refractivity (Wildman–Crippen MR) is 114 cm³/mol.